The fourth-order valence-corrected chi connectivity index (χ4v) is 3.19. The molecule has 4 heteroatoms. The molecule has 2 heterocycles. The molecule has 0 fully saturated rings. The molecule has 2 aromatic rings. The zero-order chi connectivity index (χ0) is 15.1. The molecule has 0 saturated carbocycles. The molecule has 1 unspecified atom stereocenters. The number of nitrogens with one attached hydrogen (secondary N) is 1. The average Bonchev–Trinajstić information content (AvgIpc) is 3.03. The number of pyridine rings is 1. The van der Waals surface area contributed by atoms with Gasteiger partial charge in [0.2, 0.25) is 0 Å². The lowest BCUT2D eigenvalue weighted by atomic mass is 10.1. The summed E-state index contributed by atoms with van der Waals surface area (Å²) in [5, 5.41) is 5.60. The number of hydrogen-bond donors (Lipinski definition) is 1. The maximum atomic E-state index is 4.67. The summed E-state index contributed by atoms with van der Waals surface area (Å²) in [7, 11) is 0. The van der Waals surface area contributed by atoms with E-state index in [1.165, 1.54) is 10.6 Å². The molecule has 0 amide bonds. The summed E-state index contributed by atoms with van der Waals surface area (Å²) in [5.74, 6) is 0. The Hall–Kier alpha value is -1.39. The Balaban J connectivity index is 2.08. The van der Waals surface area contributed by atoms with Crippen molar-refractivity contribution in [2.24, 2.45) is 0 Å². The van der Waals surface area contributed by atoms with E-state index < -0.39 is 0 Å². The minimum absolute atomic E-state index is 0.358. The maximum absolute atomic E-state index is 4.67. The van der Waals surface area contributed by atoms with Gasteiger partial charge in [0, 0.05) is 17.5 Å². The van der Waals surface area contributed by atoms with Crippen molar-refractivity contribution in [1.29, 1.82) is 0 Å². The highest BCUT2D eigenvalue weighted by Crippen LogP contribution is 2.21. The van der Waals surface area contributed by atoms with Crippen LogP contribution in [0.15, 0.2) is 35.8 Å². The van der Waals surface area contributed by atoms with Crippen LogP contribution in [0.1, 0.15) is 43.8 Å². The molecule has 1 N–H and O–H groups in total. The third-order valence-electron chi connectivity index (χ3n) is 3.66. The number of nitrogens with zero attached hydrogens (tertiary/aromatic N) is 2. The predicted octanol–water partition coefficient (Wildman–Crippen LogP) is 4.23. The van der Waals surface area contributed by atoms with E-state index in [0.29, 0.717) is 6.04 Å². The van der Waals surface area contributed by atoms with Crippen LogP contribution in [-0.2, 0) is 6.54 Å². The standard InChI is InChI=1S/C17H25N3S/c1-4-16(18-5-2)17-10-9-14(12-19-17)20(6-3)13-15-8-7-11-21-15/h7-12,16,18H,4-6,13H2,1-3H3. The largest absolute Gasteiger partial charge is 0.365 e. The summed E-state index contributed by atoms with van der Waals surface area (Å²) in [4.78, 5) is 8.41. The van der Waals surface area contributed by atoms with Gasteiger partial charge in [0.25, 0.3) is 0 Å². The molecule has 0 bridgehead atoms. The second kappa shape index (κ2) is 8.15. The van der Waals surface area contributed by atoms with Crippen LogP contribution in [0.2, 0.25) is 0 Å². The van der Waals surface area contributed by atoms with E-state index in [2.05, 4.69) is 65.6 Å². The van der Waals surface area contributed by atoms with Crippen LogP contribution in [0.4, 0.5) is 5.69 Å². The molecule has 0 aromatic carbocycles. The SMILES string of the molecule is CCNC(CC)c1ccc(N(CC)Cc2cccs2)cn1. The summed E-state index contributed by atoms with van der Waals surface area (Å²) >= 11 is 1.81. The second-order valence-electron chi connectivity index (χ2n) is 5.05. The fourth-order valence-electron chi connectivity index (χ4n) is 2.47. The highest BCUT2D eigenvalue weighted by Gasteiger charge is 2.11. The van der Waals surface area contributed by atoms with Crippen LogP contribution in [0.3, 0.4) is 0 Å². The highest BCUT2D eigenvalue weighted by atomic mass is 32.1. The minimum Gasteiger partial charge on any atom is -0.365 e. The predicted molar refractivity (Wildman–Crippen MR) is 92.0 cm³/mol. The van der Waals surface area contributed by atoms with Gasteiger partial charge >= 0.3 is 0 Å². The first-order valence-corrected chi connectivity index (χ1v) is 8.63. The minimum atomic E-state index is 0.358. The molecule has 0 saturated heterocycles. The van der Waals surface area contributed by atoms with Gasteiger partial charge in [-0.05, 0) is 43.5 Å². The average molecular weight is 303 g/mol. The van der Waals surface area contributed by atoms with E-state index >= 15 is 0 Å². The smallest absolute Gasteiger partial charge is 0.0574 e. The van der Waals surface area contributed by atoms with E-state index in [1.807, 2.05) is 17.5 Å². The molecule has 3 nitrogen and oxygen atoms in total. The zero-order valence-electron chi connectivity index (χ0n) is 13.2. The summed E-state index contributed by atoms with van der Waals surface area (Å²) in [6.45, 7) is 9.44. The molecule has 1 atom stereocenters. The van der Waals surface area contributed by atoms with Crippen molar-refractivity contribution in [1.82, 2.24) is 10.3 Å². The van der Waals surface area contributed by atoms with Gasteiger partial charge in [-0.2, -0.15) is 0 Å². The number of rotatable bonds is 8. The Morgan fingerprint density at radius 2 is 2.10 bits per heavy atom. The van der Waals surface area contributed by atoms with Crippen LogP contribution in [0.25, 0.3) is 0 Å². The van der Waals surface area contributed by atoms with Gasteiger partial charge in [0.05, 0.1) is 24.1 Å². The van der Waals surface area contributed by atoms with Crippen molar-refractivity contribution < 1.29 is 0 Å². The summed E-state index contributed by atoms with van der Waals surface area (Å²) in [6, 6.07) is 9.00. The van der Waals surface area contributed by atoms with Gasteiger partial charge in [0.15, 0.2) is 0 Å². The molecule has 21 heavy (non-hydrogen) atoms. The Morgan fingerprint density at radius 1 is 1.24 bits per heavy atom. The van der Waals surface area contributed by atoms with E-state index in [9.17, 15) is 0 Å². The van der Waals surface area contributed by atoms with Gasteiger partial charge in [0.1, 0.15) is 0 Å². The van der Waals surface area contributed by atoms with Crippen molar-refractivity contribution in [3.8, 4) is 0 Å². The molecule has 0 radical (unpaired) electrons. The Morgan fingerprint density at radius 3 is 2.62 bits per heavy atom. The van der Waals surface area contributed by atoms with Crippen molar-refractivity contribution in [2.45, 2.75) is 39.8 Å². The van der Waals surface area contributed by atoms with Gasteiger partial charge in [-0.1, -0.05) is 19.9 Å². The normalized spacial score (nSPS) is 12.3. The lowest BCUT2D eigenvalue weighted by Crippen LogP contribution is -2.23. The van der Waals surface area contributed by atoms with E-state index in [-0.39, 0.29) is 0 Å². The van der Waals surface area contributed by atoms with Gasteiger partial charge in [-0.3, -0.25) is 4.98 Å². The summed E-state index contributed by atoms with van der Waals surface area (Å²) in [5.41, 5.74) is 2.33. The van der Waals surface area contributed by atoms with Crippen LogP contribution in [0.5, 0.6) is 0 Å². The van der Waals surface area contributed by atoms with Crippen LogP contribution in [-0.4, -0.2) is 18.1 Å². The lowest BCUT2D eigenvalue weighted by molar-refractivity contribution is 0.525. The maximum Gasteiger partial charge on any atom is 0.0574 e. The monoisotopic (exact) mass is 303 g/mol. The molecule has 2 aromatic heterocycles. The first kappa shape index (κ1) is 16.0. The molecule has 0 aliphatic rings. The molecule has 2 rings (SSSR count). The number of aromatic nitrogens is 1. The third-order valence-corrected chi connectivity index (χ3v) is 4.52. The van der Waals surface area contributed by atoms with E-state index in [4.69, 9.17) is 0 Å². The summed E-state index contributed by atoms with van der Waals surface area (Å²) in [6.07, 6.45) is 3.07. The van der Waals surface area contributed by atoms with Crippen LogP contribution >= 0.6 is 11.3 Å². The van der Waals surface area contributed by atoms with Crippen LogP contribution < -0.4 is 10.2 Å². The number of anilines is 1. The fraction of sp³-hybridized carbons (Fsp3) is 0.471. The van der Waals surface area contributed by atoms with Gasteiger partial charge in [-0.15, -0.1) is 11.3 Å². The van der Waals surface area contributed by atoms with Crippen molar-refractivity contribution in [3.05, 3.63) is 46.4 Å². The molecular formula is C17H25N3S. The van der Waals surface area contributed by atoms with E-state index in [1.54, 1.807) is 0 Å². The van der Waals surface area contributed by atoms with Crippen molar-refractivity contribution >= 4 is 17.0 Å². The van der Waals surface area contributed by atoms with Gasteiger partial charge < -0.3 is 10.2 Å². The quantitative estimate of drug-likeness (QED) is 0.791. The molecule has 114 valence electrons. The van der Waals surface area contributed by atoms with E-state index in [0.717, 1.165) is 31.7 Å². The van der Waals surface area contributed by atoms with Crippen LogP contribution in [0, 0.1) is 0 Å². The molecular weight excluding hydrogens is 278 g/mol. The van der Waals surface area contributed by atoms with Crippen molar-refractivity contribution in [3.63, 3.8) is 0 Å². The first-order valence-electron chi connectivity index (χ1n) is 7.75. The first-order chi connectivity index (χ1) is 10.3. The Labute approximate surface area is 132 Å². The highest BCUT2D eigenvalue weighted by molar-refractivity contribution is 7.09. The topological polar surface area (TPSA) is 28.2 Å². The number of hydrogen-bond acceptors (Lipinski definition) is 4. The Kier molecular flexibility index (Phi) is 6.21. The summed E-state index contributed by atoms with van der Waals surface area (Å²) < 4.78 is 0. The van der Waals surface area contributed by atoms with Gasteiger partial charge in [-0.25, -0.2) is 0 Å². The molecule has 0 spiro atoms. The molecule has 0 aliphatic carbocycles. The Bertz CT molecular complexity index is 507. The second-order valence-corrected chi connectivity index (χ2v) is 6.09. The lowest BCUT2D eigenvalue weighted by Gasteiger charge is -2.23. The zero-order valence-corrected chi connectivity index (χ0v) is 14.0. The number of thiophene rings is 1. The third kappa shape index (κ3) is 4.29. The molecule has 0 aliphatic heterocycles. The van der Waals surface area contributed by atoms with Crippen molar-refractivity contribution in [2.75, 3.05) is 18.0 Å².